The van der Waals surface area contributed by atoms with Crippen LogP contribution in [0.25, 0.3) is 0 Å². The van der Waals surface area contributed by atoms with Crippen LogP contribution in [-0.4, -0.2) is 93.0 Å². The van der Waals surface area contributed by atoms with E-state index < -0.39 is 32.5 Å². The monoisotopic (exact) mass is 882 g/mol. The first-order valence-electron chi connectivity index (χ1n) is 23.9. The van der Waals surface area contributed by atoms with Crippen LogP contribution in [0.3, 0.4) is 0 Å². The number of carbonyl (C=O) groups is 2. The molecule has 0 saturated carbocycles. The van der Waals surface area contributed by atoms with Gasteiger partial charge in [0, 0.05) is 11.5 Å². The summed E-state index contributed by atoms with van der Waals surface area (Å²) >= 11 is 3.48. The van der Waals surface area contributed by atoms with Gasteiger partial charge in [0.1, 0.15) is 19.8 Å². The predicted molar refractivity (Wildman–Crippen MR) is 248 cm³/mol. The van der Waals surface area contributed by atoms with Gasteiger partial charge in [-0.15, -0.1) is 0 Å². The Labute approximate surface area is 366 Å². The molecule has 12 heteroatoms. The lowest BCUT2D eigenvalue weighted by molar-refractivity contribution is -0.870. The number of hydrogen-bond donors (Lipinski definition) is 0. The van der Waals surface area contributed by atoms with Crippen molar-refractivity contribution in [2.75, 3.05) is 70.5 Å². The van der Waals surface area contributed by atoms with Gasteiger partial charge in [-0.2, -0.15) is 23.5 Å². The van der Waals surface area contributed by atoms with Crippen molar-refractivity contribution >= 4 is 43.3 Å². The van der Waals surface area contributed by atoms with Gasteiger partial charge in [0.05, 0.1) is 40.6 Å². The largest absolute Gasteiger partial charge is 0.756 e. The Kier molecular flexibility index (Phi) is 41.8. The molecular weight excluding hydrogens is 790 g/mol. The zero-order valence-corrected chi connectivity index (χ0v) is 41.0. The maximum Gasteiger partial charge on any atom is 0.307 e. The average molecular weight is 882 g/mol. The molecule has 0 N–H and O–H groups in total. The van der Waals surface area contributed by atoms with Crippen molar-refractivity contribution in [3.63, 3.8) is 0 Å². The lowest BCUT2D eigenvalue weighted by Gasteiger charge is -2.28. The molecule has 0 aliphatic rings. The molecule has 0 saturated heterocycles. The number of nitrogens with zero attached hydrogens (tertiary/aromatic N) is 1. The molecule has 0 rings (SSSR count). The van der Waals surface area contributed by atoms with Crippen molar-refractivity contribution in [2.45, 2.75) is 213 Å². The topological polar surface area (TPSA) is 111 Å². The van der Waals surface area contributed by atoms with E-state index in [0.717, 1.165) is 24.3 Å². The molecule has 0 aromatic rings. The van der Waals surface area contributed by atoms with Gasteiger partial charge in [0.2, 0.25) is 0 Å². The first kappa shape index (κ1) is 57.7. The number of phosphoric acid groups is 1. The van der Waals surface area contributed by atoms with Gasteiger partial charge < -0.3 is 27.9 Å². The van der Waals surface area contributed by atoms with E-state index in [1.165, 1.54) is 167 Å². The van der Waals surface area contributed by atoms with Crippen LogP contribution in [0, 0.1) is 0 Å². The Bertz CT molecular complexity index is 970. The van der Waals surface area contributed by atoms with Crippen molar-refractivity contribution in [1.82, 2.24) is 0 Å². The van der Waals surface area contributed by atoms with Crippen LogP contribution >= 0.6 is 31.3 Å². The summed E-state index contributed by atoms with van der Waals surface area (Å²) in [5, 5.41) is 0. The molecule has 0 aromatic heterocycles. The van der Waals surface area contributed by atoms with Gasteiger partial charge in [-0.25, -0.2) is 0 Å². The summed E-state index contributed by atoms with van der Waals surface area (Å²) in [4.78, 5) is 37.6. The number of unbranched alkanes of at least 4 members (excludes halogenated alkanes) is 26. The lowest BCUT2D eigenvalue weighted by Crippen LogP contribution is -2.37. The smallest absolute Gasteiger partial charge is 0.307 e. The fourth-order valence-corrected chi connectivity index (χ4v) is 9.15. The molecule has 9 nitrogen and oxygen atoms in total. The van der Waals surface area contributed by atoms with Gasteiger partial charge in [0.25, 0.3) is 7.82 Å². The predicted octanol–water partition coefficient (Wildman–Crippen LogP) is 12.9. The summed E-state index contributed by atoms with van der Waals surface area (Å²) in [6, 6.07) is 0. The third kappa shape index (κ3) is 45.2. The van der Waals surface area contributed by atoms with E-state index in [0.29, 0.717) is 22.5 Å². The molecule has 0 aliphatic carbocycles. The van der Waals surface area contributed by atoms with Crippen LogP contribution < -0.4 is 4.89 Å². The first-order chi connectivity index (χ1) is 28.0. The minimum Gasteiger partial charge on any atom is -0.756 e. The van der Waals surface area contributed by atoms with E-state index in [1.54, 1.807) is 23.5 Å². The Balaban J connectivity index is 4.23. The van der Waals surface area contributed by atoms with Crippen LogP contribution in [0.4, 0.5) is 0 Å². The molecule has 2 atom stereocenters. The van der Waals surface area contributed by atoms with Crippen molar-refractivity contribution < 1.29 is 42.1 Å². The van der Waals surface area contributed by atoms with Gasteiger partial charge in [-0.3, -0.25) is 14.2 Å². The highest BCUT2D eigenvalue weighted by Gasteiger charge is 2.22. The Morgan fingerprint density at radius 1 is 0.517 bits per heavy atom. The molecule has 0 amide bonds. The molecular formula is C46H92NO8PS2. The summed E-state index contributed by atoms with van der Waals surface area (Å²) in [5.74, 6) is 2.43. The Morgan fingerprint density at radius 2 is 0.879 bits per heavy atom. The van der Waals surface area contributed by atoms with E-state index in [4.69, 9.17) is 18.5 Å². The molecule has 0 aromatic carbocycles. The van der Waals surface area contributed by atoms with Gasteiger partial charge >= 0.3 is 11.9 Å². The number of hydrogen-bond acceptors (Lipinski definition) is 10. The molecule has 0 heterocycles. The van der Waals surface area contributed by atoms with E-state index in [9.17, 15) is 19.0 Å². The summed E-state index contributed by atoms with van der Waals surface area (Å²) < 4.78 is 34.0. The highest BCUT2D eigenvalue weighted by molar-refractivity contribution is 7.99. The standard InChI is InChI=1S/C46H92NO8PS2/c1-6-8-10-12-14-16-18-20-22-24-26-28-30-32-38-57-40-34-45(48)52-42-44(43-54-56(50,51)53-37-36-47(3,4)5)55-46(49)35-41-58-39-33-31-29-27-25-23-21-19-17-15-13-11-9-7-2/h44H,6-43H2,1-5H3. The quantitative estimate of drug-likeness (QED) is 0.0254. The number of likely N-dealkylation sites (N-methyl/N-ethyl adjacent to an activating group) is 1. The van der Waals surface area contributed by atoms with E-state index in [2.05, 4.69) is 13.8 Å². The maximum absolute atomic E-state index is 12.7. The van der Waals surface area contributed by atoms with Crippen molar-refractivity contribution in [3.05, 3.63) is 0 Å². The summed E-state index contributed by atoms with van der Waals surface area (Å²) in [6.45, 7) is 4.25. The molecule has 346 valence electrons. The molecule has 0 fully saturated rings. The fraction of sp³-hybridized carbons (Fsp3) is 0.957. The second kappa shape index (κ2) is 42.0. The van der Waals surface area contributed by atoms with Crippen molar-refractivity contribution in [1.29, 1.82) is 0 Å². The zero-order valence-electron chi connectivity index (χ0n) is 38.4. The number of phosphoric ester groups is 1. The molecule has 0 aliphatic heterocycles. The molecule has 2 unspecified atom stereocenters. The van der Waals surface area contributed by atoms with E-state index in [1.807, 2.05) is 21.1 Å². The second-order valence-electron chi connectivity index (χ2n) is 17.3. The third-order valence-electron chi connectivity index (χ3n) is 10.3. The van der Waals surface area contributed by atoms with Crippen LogP contribution in [0.2, 0.25) is 0 Å². The van der Waals surface area contributed by atoms with Gasteiger partial charge in [-0.05, 0) is 24.3 Å². The lowest BCUT2D eigenvalue weighted by atomic mass is 10.0. The molecule has 58 heavy (non-hydrogen) atoms. The maximum atomic E-state index is 12.7. The number of carbonyl (C=O) groups excluding carboxylic acids is 2. The minimum absolute atomic E-state index is 0.0305. The Morgan fingerprint density at radius 3 is 1.26 bits per heavy atom. The number of esters is 2. The van der Waals surface area contributed by atoms with Crippen LogP contribution in [0.1, 0.15) is 206 Å². The van der Waals surface area contributed by atoms with Crippen LogP contribution in [0.5, 0.6) is 0 Å². The fourth-order valence-electron chi connectivity index (χ4n) is 6.57. The normalized spacial score (nSPS) is 13.4. The number of quaternary nitrogens is 1. The number of thioether (sulfide) groups is 2. The Hall–Kier alpha value is -0.290. The average Bonchev–Trinajstić information content (AvgIpc) is 3.17. The van der Waals surface area contributed by atoms with Gasteiger partial charge in [0.15, 0.2) is 6.10 Å². The summed E-state index contributed by atoms with van der Waals surface area (Å²) in [7, 11) is 1.17. The van der Waals surface area contributed by atoms with E-state index in [-0.39, 0.29) is 26.1 Å². The second-order valence-corrected chi connectivity index (χ2v) is 21.2. The van der Waals surface area contributed by atoms with Crippen molar-refractivity contribution in [2.24, 2.45) is 0 Å². The van der Waals surface area contributed by atoms with Crippen molar-refractivity contribution in [3.8, 4) is 0 Å². The molecule has 0 spiro atoms. The van der Waals surface area contributed by atoms with Gasteiger partial charge in [-0.1, -0.05) is 181 Å². The number of ether oxygens (including phenoxy) is 2. The first-order valence-corrected chi connectivity index (χ1v) is 27.7. The van der Waals surface area contributed by atoms with E-state index >= 15 is 0 Å². The van der Waals surface area contributed by atoms with Crippen LogP contribution in [-0.2, 0) is 32.7 Å². The molecule has 0 radical (unpaired) electrons. The third-order valence-corrected chi connectivity index (χ3v) is 13.4. The molecule has 0 bridgehead atoms. The summed E-state index contributed by atoms with van der Waals surface area (Å²) in [5.41, 5.74) is 0. The minimum atomic E-state index is -4.63. The highest BCUT2D eigenvalue weighted by atomic mass is 32.2. The zero-order chi connectivity index (χ0) is 42.8. The SMILES string of the molecule is CCCCCCCCCCCCCCCCSCCC(=O)OCC(COP(=O)([O-])OCC[N+](C)(C)C)OC(=O)CCSCCCCCCCCCCCCCCCC. The highest BCUT2D eigenvalue weighted by Crippen LogP contribution is 2.38. The number of rotatable bonds is 46. The summed E-state index contributed by atoms with van der Waals surface area (Å²) in [6.07, 6.45) is 36.8. The van der Waals surface area contributed by atoms with Crippen LogP contribution in [0.15, 0.2) is 0 Å².